The number of rotatable bonds is 4. The van der Waals surface area contributed by atoms with E-state index >= 15 is 0 Å². The van der Waals surface area contributed by atoms with Crippen LogP contribution < -0.4 is 10.6 Å². The summed E-state index contributed by atoms with van der Waals surface area (Å²) in [6.07, 6.45) is 0.767. The summed E-state index contributed by atoms with van der Waals surface area (Å²) in [5.41, 5.74) is 0.556. The van der Waals surface area contributed by atoms with Gasteiger partial charge < -0.3 is 15.4 Å². The van der Waals surface area contributed by atoms with Crippen LogP contribution in [0.2, 0.25) is 0 Å². The number of benzene rings is 1. The SMILES string of the molecule is C[C@H](OC(=O)CN1C(=O)N[C@]2(CCCc3ccccc32)C1=O)C(=O)N1CCNC1=O. The summed E-state index contributed by atoms with van der Waals surface area (Å²) in [6, 6.07) is 6.21. The van der Waals surface area contributed by atoms with Crippen molar-refractivity contribution in [2.75, 3.05) is 19.6 Å². The van der Waals surface area contributed by atoms with Gasteiger partial charge in [0.05, 0.1) is 0 Å². The predicted octanol–water partition coefficient (Wildman–Crippen LogP) is 0.254. The maximum Gasteiger partial charge on any atom is 0.327 e. The molecule has 2 fully saturated rings. The molecule has 1 aromatic carbocycles. The lowest BCUT2D eigenvalue weighted by atomic mass is 9.76. The van der Waals surface area contributed by atoms with Crippen molar-refractivity contribution in [3.63, 3.8) is 0 Å². The molecule has 6 amide bonds. The summed E-state index contributed by atoms with van der Waals surface area (Å²) in [4.78, 5) is 63.7. The van der Waals surface area contributed by atoms with Gasteiger partial charge >= 0.3 is 18.0 Å². The number of hydrogen-bond donors (Lipinski definition) is 2. The summed E-state index contributed by atoms with van der Waals surface area (Å²) in [6.45, 7) is 1.25. The molecule has 1 spiro atoms. The number of carbonyl (C=O) groups is 5. The molecule has 3 aliphatic rings. The van der Waals surface area contributed by atoms with Crippen molar-refractivity contribution >= 4 is 29.8 Å². The van der Waals surface area contributed by atoms with Crippen molar-refractivity contribution in [1.29, 1.82) is 0 Å². The predicted molar refractivity (Wildman–Crippen MR) is 102 cm³/mol. The van der Waals surface area contributed by atoms with Gasteiger partial charge in [-0.2, -0.15) is 0 Å². The molecule has 2 heterocycles. The molecule has 158 valence electrons. The Morgan fingerprint density at radius 3 is 2.70 bits per heavy atom. The van der Waals surface area contributed by atoms with Crippen LogP contribution in [0.15, 0.2) is 24.3 Å². The van der Waals surface area contributed by atoms with E-state index in [0.29, 0.717) is 13.0 Å². The first-order valence-electron chi connectivity index (χ1n) is 9.84. The summed E-state index contributed by atoms with van der Waals surface area (Å²) in [5, 5.41) is 5.25. The van der Waals surface area contributed by atoms with Crippen LogP contribution in [0.4, 0.5) is 9.59 Å². The minimum atomic E-state index is -1.22. The van der Waals surface area contributed by atoms with Crippen LogP contribution in [0.1, 0.15) is 30.9 Å². The fourth-order valence-electron chi connectivity index (χ4n) is 4.27. The number of amides is 6. The number of esters is 1. The Morgan fingerprint density at radius 1 is 1.20 bits per heavy atom. The molecule has 0 saturated carbocycles. The first-order chi connectivity index (χ1) is 14.3. The maximum absolute atomic E-state index is 13.2. The number of imide groups is 2. The molecular formula is C20H22N4O6. The molecule has 2 atom stereocenters. The van der Waals surface area contributed by atoms with Crippen LogP contribution >= 0.6 is 0 Å². The van der Waals surface area contributed by atoms with Crippen molar-refractivity contribution in [2.24, 2.45) is 0 Å². The minimum Gasteiger partial charge on any atom is -0.451 e. The van der Waals surface area contributed by atoms with Gasteiger partial charge in [-0.1, -0.05) is 24.3 Å². The molecule has 1 aromatic rings. The van der Waals surface area contributed by atoms with Gasteiger partial charge in [0.25, 0.3) is 11.8 Å². The second-order valence-corrected chi connectivity index (χ2v) is 7.59. The zero-order chi connectivity index (χ0) is 21.5. The third kappa shape index (κ3) is 3.17. The Hall–Kier alpha value is -3.43. The van der Waals surface area contributed by atoms with E-state index in [0.717, 1.165) is 33.8 Å². The highest BCUT2D eigenvalue weighted by Gasteiger charge is 2.54. The molecule has 30 heavy (non-hydrogen) atoms. The molecule has 2 N–H and O–H groups in total. The van der Waals surface area contributed by atoms with Gasteiger partial charge in [0.1, 0.15) is 12.1 Å². The summed E-state index contributed by atoms with van der Waals surface area (Å²) < 4.78 is 5.09. The molecule has 0 radical (unpaired) electrons. The molecule has 2 aliphatic heterocycles. The molecular weight excluding hydrogens is 392 g/mol. The number of fused-ring (bicyclic) bond motifs is 2. The summed E-state index contributed by atoms with van der Waals surface area (Å²) in [5.74, 6) is -2.07. The third-order valence-corrected chi connectivity index (χ3v) is 5.72. The van der Waals surface area contributed by atoms with Gasteiger partial charge in [-0.25, -0.2) is 9.59 Å². The Labute approximate surface area is 172 Å². The number of hydrogen-bond acceptors (Lipinski definition) is 6. The van der Waals surface area contributed by atoms with E-state index in [-0.39, 0.29) is 6.54 Å². The maximum atomic E-state index is 13.2. The van der Waals surface area contributed by atoms with Crippen molar-refractivity contribution < 1.29 is 28.7 Å². The zero-order valence-electron chi connectivity index (χ0n) is 16.5. The second kappa shape index (κ2) is 7.43. The topological polar surface area (TPSA) is 125 Å². The Bertz CT molecular complexity index is 947. The molecule has 10 heteroatoms. The molecule has 0 aromatic heterocycles. The smallest absolute Gasteiger partial charge is 0.327 e. The van der Waals surface area contributed by atoms with Gasteiger partial charge in [0.2, 0.25) is 0 Å². The van der Waals surface area contributed by atoms with E-state index in [1.54, 1.807) is 0 Å². The lowest BCUT2D eigenvalue weighted by Gasteiger charge is -2.33. The number of nitrogens with zero attached hydrogens (tertiary/aromatic N) is 2. The van der Waals surface area contributed by atoms with E-state index in [1.807, 2.05) is 24.3 Å². The van der Waals surface area contributed by atoms with Crippen molar-refractivity contribution in [2.45, 2.75) is 37.8 Å². The highest BCUT2D eigenvalue weighted by atomic mass is 16.5. The van der Waals surface area contributed by atoms with E-state index in [1.165, 1.54) is 6.92 Å². The summed E-state index contributed by atoms with van der Waals surface area (Å²) in [7, 11) is 0. The van der Waals surface area contributed by atoms with Crippen LogP contribution in [0, 0.1) is 0 Å². The number of urea groups is 2. The monoisotopic (exact) mass is 414 g/mol. The second-order valence-electron chi connectivity index (χ2n) is 7.59. The largest absolute Gasteiger partial charge is 0.451 e. The lowest BCUT2D eigenvalue weighted by Crippen LogP contribution is -2.47. The van der Waals surface area contributed by atoms with Crippen LogP contribution in [0.3, 0.4) is 0 Å². The number of carbonyl (C=O) groups excluding carboxylic acids is 5. The van der Waals surface area contributed by atoms with Crippen molar-refractivity contribution in [3.8, 4) is 0 Å². The zero-order valence-corrected chi connectivity index (χ0v) is 16.5. The number of aryl methyl sites for hydroxylation is 1. The van der Waals surface area contributed by atoms with Gasteiger partial charge in [0.15, 0.2) is 6.10 Å². The third-order valence-electron chi connectivity index (χ3n) is 5.72. The van der Waals surface area contributed by atoms with E-state index in [2.05, 4.69) is 10.6 Å². The number of ether oxygens (including phenoxy) is 1. The molecule has 4 rings (SSSR count). The van der Waals surface area contributed by atoms with E-state index in [4.69, 9.17) is 4.74 Å². The molecule has 0 unspecified atom stereocenters. The lowest BCUT2D eigenvalue weighted by molar-refractivity contribution is -0.159. The van der Waals surface area contributed by atoms with Crippen LogP contribution in [-0.4, -0.2) is 65.4 Å². The fourth-order valence-corrected chi connectivity index (χ4v) is 4.27. The van der Waals surface area contributed by atoms with Gasteiger partial charge in [-0.05, 0) is 37.3 Å². The van der Waals surface area contributed by atoms with Crippen LogP contribution in [0.5, 0.6) is 0 Å². The standard InChI is InChI=1S/C20H22N4O6/c1-12(16(26)23-10-9-21-18(23)28)30-15(25)11-24-17(27)20(22-19(24)29)8-4-6-13-5-2-3-7-14(13)20/h2-3,5,7,12H,4,6,8-11H2,1H3,(H,21,28)(H,22,29)/t12-,20-/m0/s1. The fraction of sp³-hybridized carbons (Fsp3) is 0.450. The first-order valence-corrected chi connectivity index (χ1v) is 9.84. The molecule has 1 aliphatic carbocycles. The average Bonchev–Trinajstić information content (AvgIpc) is 3.25. The minimum absolute atomic E-state index is 0.189. The quantitative estimate of drug-likeness (QED) is 0.538. The Morgan fingerprint density at radius 2 is 1.97 bits per heavy atom. The van der Waals surface area contributed by atoms with Gasteiger partial charge in [0, 0.05) is 13.1 Å². The molecule has 10 nitrogen and oxygen atoms in total. The van der Waals surface area contributed by atoms with E-state index in [9.17, 15) is 24.0 Å². The first kappa shape index (κ1) is 19.9. The van der Waals surface area contributed by atoms with Crippen LogP contribution in [-0.2, 0) is 31.1 Å². The van der Waals surface area contributed by atoms with Crippen molar-refractivity contribution in [3.05, 3.63) is 35.4 Å². The number of nitrogens with one attached hydrogen (secondary N) is 2. The van der Waals surface area contributed by atoms with Crippen molar-refractivity contribution in [1.82, 2.24) is 20.4 Å². The van der Waals surface area contributed by atoms with Crippen LogP contribution in [0.25, 0.3) is 0 Å². The highest BCUT2D eigenvalue weighted by molar-refractivity contribution is 6.09. The molecule has 0 bridgehead atoms. The average molecular weight is 414 g/mol. The Balaban J connectivity index is 1.45. The van der Waals surface area contributed by atoms with Gasteiger partial charge in [-0.15, -0.1) is 0 Å². The van der Waals surface area contributed by atoms with Gasteiger partial charge in [-0.3, -0.25) is 24.2 Å². The normalized spacial score (nSPS) is 23.8. The Kier molecular flexibility index (Phi) is 4.92. The summed E-state index contributed by atoms with van der Waals surface area (Å²) >= 11 is 0. The van der Waals surface area contributed by atoms with E-state index < -0.39 is 48.0 Å². The highest BCUT2D eigenvalue weighted by Crippen LogP contribution is 2.39. The molecule has 2 saturated heterocycles.